The van der Waals surface area contributed by atoms with E-state index in [1.165, 1.54) is 0 Å². The predicted octanol–water partition coefficient (Wildman–Crippen LogP) is 2.67. The summed E-state index contributed by atoms with van der Waals surface area (Å²) in [5, 5.41) is 8.81. The van der Waals surface area contributed by atoms with Crippen LogP contribution in [0.15, 0.2) is 42.5 Å². The fourth-order valence-electron chi connectivity index (χ4n) is 2.65. The molecule has 0 spiro atoms. The van der Waals surface area contributed by atoms with Gasteiger partial charge in [0.2, 0.25) is 12.7 Å². The van der Waals surface area contributed by atoms with Gasteiger partial charge in [0.15, 0.2) is 11.5 Å². The van der Waals surface area contributed by atoms with Gasteiger partial charge in [0.05, 0.1) is 6.54 Å². The molecule has 1 aliphatic heterocycles. The Hall–Kier alpha value is -3.22. The average molecular weight is 383 g/mol. The first-order chi connectivity index (χ1) is 13.3. The van der Waals surface area contributed by atoms with E-state index in [2.05, 4.69) is 16.0 Å². The van der Waals surface area contributed by atoms with Crippen molar-refractivity contribution in [3.05, 3.63) is 53.6 Å². The second kappa shape index (κ2) is 8.21. The molecule has 3 rings (SSSR count). The van der Waals surface area contributed by atoms with Gasteiger partial charge in [0, 0.05) is 23.3 Å². The zero-order chi connectivity index (χ0) is 20.1. The van der Waals surface area contributed by atoms with Crippen LogP contribution in [0.2, 0.25) is 0 Å². The summed E-state index contributed by atoms with van der Waals surface area (Å²) in [6, 6.07) is 12.6. The summed E-state index contributed by atoms with van der Waals surface area (Å²) in [6.45, 7) is 6.57. The van der Waals surface area contributed by atoms with Crippen LogP contribution in [0.1, 0.15) is 36.7 Å². The molecule has 1 aliphatic rings. The molecule has 0 unspecified atom stereocenters. The lowest BCUT2D eigenvalue weighted by Crippen LogP contribution is -2.40. The number of benzene rings is 2. The van der Waals surface area contributed by atoms with E-state index in [-0.39, 0.29) is 30.7 Å². The maximum atomic E-state index is 12.1. The number of ether oxygens (including phenoxy) is 2. The lowest BCUT2D eigenvalue weighted by atomic mass is 10.1. The highest BCUT2D eigenvalue weighted by molar-refractivity contribution is 5.95. The lowest BCUT2D eigenvalue weighted by molar-refractivity contribution is -0.119. The van der Waals surface area contributed by atoms with Gasteiger partial charge in [0.1, 0.15) is 0 Å². The monoisotopic (exact) mass is 383 g/mol. The molecule has 2 aromatic carbocycles. The molecular weight excluding hydrogens is 358 g/mol. The van der Waals surface area contributed by atoms with E-state index in [9.17, 15) is 9.59 Å². The summed E-state index contributed by atoms with van der Waals surface area (Å²) in [7, 11) is 0. The van der Waals surface area contributed by atoms with Crippen LogP contribution in [0.25, 0.3) is 0 Å². The Morgan fingerprint density at radius 2 is 1.71 bits per heavy atom. The number of carbonyl (C=O) groups excluding carboxylic acids is 2. The molecule has 148 valence electrons. The van der Waals surface area contributed by atoms with Crippen molar-refractivity contribution in [3.8, 4) is 11.5 Å². The topological polar surface area (TPSA) is 88.7 Å². The summed E-state index contributed by atoms with van der Waals surface area (Å²) in [5.41, 5.74) is 1.99. The van der Waals surface area contributed by atoms with Gasteiger partial charge in [-0.3, -0.25) is 9.59 Å². The molecule has 0 atom stereocenters. The van der Waals surface area contributed by atoms with Gasteiger partial charge in [-0.2, -0.15) is 0 Å². The quantitative estimate of drug-likeness (QED) is 0.714. The fourth-order valence-corrected chi connectivity index (χ4v) is 2.65. The molecular formula is C21H25N3O4. The largest absolute Gasteiger partial charge is 0.454 e. The highest BCUT2D eigenvalue weighted by Gasteiger charge is 2.15. The summed E-state index contributed by atoms with van der Waals surface area (Å²) < 4.78 is 10.6. The van der Waals surface area contributed by atoms with Crippen molar-refractivity contribution in [2.75, 3.05) is 18.7 Å². The maximum Gasteiger partial charge on any atom is 0.251 e. The van der Waals surface area contributed by atoms with Crippen LogP contribution in [0.5, 0.6) is 11.5 Å². The van der Waals surface area contributed by atoms with Crippen LogP contribution >= 0.6 is 0 Å². The smallest absolute Gasteiger partial charge is 0.251 e. The van der Waals surface area contributed by atoms with E-state index in [1.807, 2.05) is 39.0 Å². The molecule has 0 aliphatic carbocycles. The molecule has 0 bridgehead atoms. The first kappa shape index (κ1) is 19.5. The van der Waals surface area contributed by atoms with Gasteiger partial charge in [-0.05, 0) is 62.7 Å². The number of rotatable bonds is 6. The molecule has 0 radical (unpaired) electrons. The number of hydrogen-bond acceptors (Lipinski definition) is 5. The zero-order valence-corrected chi connectivity index (χ0v) is 16.3. The van der Waals surface area contributed by atoms with E-state index in [0.29, 0.717) is 17.9 Å². The number of hydrogen-bond donors (Lipinski definition) is 3. The van der Waals surface area contributed by atoms with Crippen LogP contribution in [-0.2, 0) is 11.3 Å². The van der Waals surface area contributed by atoms with Gasteiger partial charge in [-0.1, -0.05) is 6.07 Å². The predicted molar refractivity (Wildman–Crippen MR) is 107 cm³/mol. The van der Waals surface area contributed by atoms with Gasteiger partial charge in [0.25, 0.3) is 5.91 Å². The fraction of sp³-hybridized carbons (Fsp3) is 0.333. The van der Waals surface area contributed by atoms with E-state index in [4.69, 9.17) is 9.47 Å². The molecule has 0 saturated carbocycles. The van der Waals surface area contributed by atoms with E-state index < -0.39 is 0 Å². The zero-order valence-electron chi connectivity index (χ0n) is 16.3. The summed E-state index contributed by atoms with van der Waals surface area (Å²) >= 11 is 0. The number of amides is 2. The Balaban J connectivity index is 1.45. The number of anilines is 1. The van der Waals surface area contributed by atoms with Gasteiger partial charge in [-0.25, -0.2) is 0 Å². The number of nitrogens with one attached hydrogen (secondary N) is 3. The summed E-state index contributed by atoms with van der Waals surface area (Å²) in [5.74, 6) is 1.16. The SMILES string of the molecule is CC(C)(C)NC(=O)c1ccc(NCC(=O)NCc2ccc3c(c2)OCO3)cc1. The van der Waals surface area contributed by atoms with Gasteiger partial charge < -0.3 is 25.4 Å². The molecule has 1 heterocycles. The third kappa shape index (κ3) is 5.39. The van der Waals surface area contributed by atoms with Crippen molar-refractivity contribution >= 4 is 17.5 Å². The van der Waals surface area contributed by atoms with Gasteiger partial charge >= 0.3 is 0 Å². The Morgan fingerprint density at radius 1 is 1.00 bits per heavy atom. The third-order valence-electron chi connectivity index (χ3n) is 4.02. The molecule has 7 nitrogen and oxygen atoms in total. The van der Waals surface area contributed by atoms with Crippen LogP contribution in [0.3, 0.4) is 0 Å². The van der Waals surface area contributed by atoms with E-state index >= 15 is 0 Å². The first-order valence-corrected chi connectivity index (χ1v) is 9.12. The lowest BCUT2D eigenvalue weighted by Gasteiger charge is -2.20. The van der Waals surface area contributed by atoms with Gasteiger partial charge in [-0.15, -0.1) is 0 Å². The summed E-state index contributed by atoms with van der Waals surface area (Å²) in [6.07, 6.45) is 0. The van der Waals surface area contributed by atoms with Crippen LogP contribution in [0, 0.1) is 0 Å². The van der Waals surface area contributed by atoms with Crippen LogP contribution in [-0.4, -0.2) is 30.7 Å². The molecule has 0 fully saturated rings. The highest BCUT2D eigenvalue weighted by Crippen LogP contribution is 2.32. The normalized spacial score (nSPS) is 12.4. The van der Waals surface area contributed by atoms with Crippen molar-refractivity contribution in [3.63, 3.8) is 0 Å². The molecule has 3 N–H and O–H groups in total. The highest BCUT2D eigenvalue weighted by atomic mass is 16.7. The van der Waals surface area contributed by atoms with E-state index in [1.54, 1.807) is 24.3 Å². The van der Waals surface area contributed by atoms with Crippen molar-refractivity contribution in [2.45, 2.75) is 32.9 Å². The number of carbonyl (C=O) groups is 2. The van der Waals surface area contributed by atoms with E-state index in [0.717, 1.165) is 17.0 Å². The van der Waals surface area contributed by atoms with Crippen molar-refractivity contribution in [1.82, 2.24) is 10.6 Å². The van der Waals surface area contributed by atoms with Crippen molar-refractivity contribution in [1.29, 1.82) is 0 Å². The Bertz CT molecular complexity index is 857. The molecule has 7 heteroatoms. The molecule has 2 aromatic rings. The summed E-state index contributed by atoms with van der Waals surface area (Å²) in [4.78, 5) is 24.2. The molecule has 0 aromatic heterocycles. The van der Waals surface area contributed by atoms with Crippen LogP contribution in [0.4, 0.5) is 5.69 Å². The standard InChI is InChI=1S/C21H25N3O4/c1-21(2,3)24-20(26)15-5-7-16(8-6-15)22-12-19(25)23-11-14-4-9-17-18(10-14)28-13-27-17/h4-10,22H,11-13H2,1-3H3,(H,23,25)(H,24,26). The minimum Gasteiger partial charge on any atom is -0.454 e. The van der Waals surface area contributed by atoms with Crippen molar-refractivity contribution < 1.29 is 19.1 Å². The first-order valence-electron chi connectivity index (χ1n) is 9.12. The Labute approximate surface area is 164 Å². The second-order valence-corrected chi connectivity index (χ2v) is 7.60. The third-order valence-corrected chi connectivity index (χ3v) is 4.02. The van der Waals surface area contributed by atoms with Crippen molar-refractivity contribution in [2.24, 2.45) is 0 Å². The maximum absolute atomic E-state index is 12.1. The molecule has 28 heavy (non-hydrogen) atoms. The van der Waals surface area contributed by atoms with Crippen LogP contribution < -0.4 is 25.4 Å². The minimum absolute atomic E-state index is 0.125. The Kier molecular flexibility index (Phi) is 5.73. The average Bonchev–Trinajstić information content (AvgIpc) is 3.11. The Morgan fingerprint density at radius 3 is 2.43 bits per heavy atom. The number of fused-ring (bicyclic) bond motifs is 1. The minimum atomic E-state index is -0.288. The molecule has 0 saturated heterocycles. The second-order valence-electron chi connectivity index (χ2n) is 7.60. The molecule has 2 amide bonds.